The van der Waals surface area contributed by atoms with E-state index in [-0.39, 0.29) is 24.3 Å². The maximum Gasteiger partial charge on any atom is 0.229 e. The van der Waals surface area contributed by atoms with Gasteiger partial charge in [0.15, 0.2) is 0 Å². The number of hydrogen-bond acceptors (Lipinski definition) is 4. The van der Waals surface area contributed by atoms with Gasteiger partial charge in [0, 0.05) is 24.2 Å². The van der Waals surface area contributed by atoms with Crippen molar-refractivity contribution in [2.24, 2.45) is 0 Å². The molecule has 0 saturated carbocycles. The predicted molar refractivity (Wildman–Crippen MR) is 85.0 cm³/mol. The van der Waals surface area contributed by atoms with Gasteiger partial charge in [0.2, 0.25) is 11.8 Å². The van der Waals surface area contributed by atoms with Gasteiger partial charge in [-0.25, -0.2) is 0 Å². The van der Waals surface area contributed by atoms with Crippen molar-refractivity contribution in [3.05, 3.63) is 47.3 Å². The summed E-state index contributed by atoms with van der Waals surface area (Å²) in [6, 6.07) is 9.32. The van der Waals surface area contributed by atoms with E-state index in [1.54, 1.807) is 11.8 Å². The van der Waals surface area contributed by atoms with Gasteiger partial charge >= 0.3 is 0 Å². The lowest BCUT2D eigenvalue weighted by molar-refractivity contribution is -0.121. The number of rotatable bonds is 4. The minimum absolute atomic E-state index is 0.0267. The zero-order valence-corrected chi connectivity index (χ0v) is 13.2. The molecule has 0 radical (unpaired) electrons. The van der Waals surface area contributed by atoms with Crippen LogP contribution in [0.2, 0.25) is 0 Å². The van der Waals surface area contributed by atoms with Crippen LogP contribution in [0, 0.1) is 13.8 Å². The molecule has 1 aliphatic rings. The van der Waals surface area contributed by atoms with E-state index in [0.717, 1.165) is 16.9 Å². The highest BCUT2D eigenvalue weighted by atomic mass is 16.5. The van der Waals surface area contributed by atoms with E-state index in [2.05, 4.69) is 10.5 Å². The molecule has 1 aromatic carbocycles. The Kier molecular flexibility index (Phi) is 4.14. The Hall–Kier alpha value is -2.63. The summed E-state index contributed by atoms with van der Waals surface area (Å²) in [5, 5.41) is 6.78. The third-order valence-electron chi connectivity index (χ3n) is 4.08. The molecule has 2 amide bonds. The quantitative estimate of drug-likeness (QED) is 0.933. The summed E-state index contributed by atoms with van der Waals surface area (Å²) in [7, 11) is 0. The van der Waals surface area contributed by atoms with E-state index < -0.39 is 0 Å². The Morgan fingerprint density at radius 3 is 2.74 bits per heavy atom. The van der Waals surface area contributed by atoms with Crippen LogP contribution in [0.1, 0.15) is 23.4 Å². The van der Waals surface area contributed by atoms with Crippen molar-refractivity contribution in [1.29, 1.82) is 0 Å². The number of aryl methyl sites for hydroxylation is 2. The number of amides is 2. The lowest BCUT2D eigenvalue weighted by atomic mass is 10.1. The SMILES string of the molecule is Cc1noc(C)c1CC(=O)N[C@@H]1CC(=O)N(c2ccccc2)C1. The lowest BCUT2D eigenvalue weighted by Crippen LogP contribution is -2.38. The summed E-state index contributed by atoms with van der Waals surface area (Å²) in [6.45, 7) is 4.10. The smallest absolute Gasteiger partial charge is 0.229 e. The molecule has 0 bridgehead atoms. The molecule has 6 nitrogen and oxygen atoms in total. The first kappa shape index (κ1) is 15.3. The largest absolute Gasteiger partial charge is 0.361 e. The summed E-state index contributed by atoms with van der Waals surface area (Å²) in [5.74, 6) is 0.567. The van der Waals surface area contributed by atoms with Crippen LogP contribution in [0.25, 0.3) is 0 Å². The van der Waals surface area contributed by atoms with Crippen LogP contribution < -0.4 is 10.2 Å². The Bertz CT molecular complexity index is 704. The first-order chi connectivity index (χ1) is 11.0. The Balaban J connectivity index is 1.61. The zero-order chi connectivity index (χ0) is 16.4. The van der Waals surface area contributed by atoms with Crippen molar-refractivity contribution in [1.82, 2.24) is 10.5 Å². The first-order valence-electron chi connectivity index (χ1n) is 7.61. The average Bonchev–Trinajstić information content (AvgIpc) is 3.05. The van der Waals surface area contributed by atoms with Crippen LogP contribution >= 0.6 is 0 Å². The third kappa shape index (κ3) is 3.26. The number of nitrogens with zero attached hydrogens (tertiary/aromatic N) is 2. The van der Waals surface area contributed by atoms with Crippen LogP contribution in [0.5, 0.6) is 0 Å². The molecule has 1 fully saturated rings. The van der Waals surface area contributed by atoms with Gasteiger partial charge in [-0.05, 0) is 26.0 Å². The highest BCUT2D eigenvalue weighted by Gasteiger charge is 2.31. The van der Waals surface area contributed by atoms with Crippen LogP contribution in [-0.4, -0.2) is 29.6 Å². The summed E-state index contributed by atoms with van der Waals surface area (Å²) >= 11 is 0. The third-order valence-corrected chi connectivity index (χ3v) is 4.08. The number of carbonyl (C=O) groups excluding carboxylic acids is 2. The molecule has 2 heterocycles. The monoisotopic (exact) mass is 313 g/mol. The van der Waals surface area contributed by atoms with Gasteiger partial charge in [-0.2, -0.15) is 0 Å². The zero-order valence-electron chi connectivity index (χ0n) is 13.2. The van der Waals surface area contributed by atoms with Crippen LogP contribution in [-0.2, 0) is 16.0 Å². The Morgan fingerprint density at radius 2 is 2.09 bits per heavy atom. The summed E-state index contributed by atoms with van der Waals surface area (Å²) < 4.78 is 5.07. The number of para-hydroxylation sites is 1. The van der Waals surface area contributed by atoms with E-state index in [1.807, 2.05) is 37.3 Å². The minimum atomic E-state index is -0.171. The number of anilines is 1. The molecular weight excluding hydrogens is 294 g/mol. The predicted octanol–water partition coefficient (Wildman–Crippen LogP) is 1.76. The highest BCUT2D eigenvalue weighted by molar-refractivity contribution is 5.96. The standard InChI is InChI=1S/C17H19N3O3/c1-11-15(12(2)23-19-11)9-16(21)18-13-8-17(22)20(10-13)14-6-4-3-5-7-14/h3-7,13H,8-10H2,1-2H3,(H,18,21)/t13-/m1/s1. The minimum Gasteiger partial charge on any atom is -0.361 e. The summed E-state index contributed by atoms with van der Waals surface area (Å²) in [4.78, 5) is 26.1. The normalized spacial score (nSPS) is 17.6. The van der Waals surface area contributed by atoms with Crippen molar-refractivity contribution < 1.29 is 14.1 Å². The molecule has 1 aliphatic heterocycles. The number of hydrogen-bond donors (Lipinski definition) is 1. The summed E-state index contributed by atoms with van der Waals surface area (Å²) in [6.07, 6.45) is 0.541. The van der Waals surface area contributed by atoms with Gasteiger partial charge in [-0.1, -0.05) is 23.4 Å². The lowest BCUT2D eigenvalue weighted by Gasteiger charge is -2.17. The molecule has 0 aliphatic carbocycles. The van der Waals surface area contributed by atoms with Crippen molar-refractivity contribution in [3.8, 4) is 0 Å². The van der Waals surface area contributed by atoms with Gasteiger partial charge in [0.05, 0.1) is 18.2 Å². The van der Waals surface area contributed by atoms with Crippen molar-refractivity contribution >= 4 is 17.5 Å². The van der Waals surface area contributed by atoms with E-state index in [4.69, 9.17) is 4.52 Å². The molecule has 1 N–H and O–H groups in total. The molecule has 1 saturated heterocycles. The van der Waals surface area contributed by atoms with Crippen molar-refractivity contribution in [3.63, 3.8) is 0 Å². The number of benzene rings is 1. The fraction of sp³-hybridized carbons (Fsp3) is 0.353. The molecule has 2 aromatic rings. The number of carbonyl (C=O) groups is 2. The molecular formula is C17H19N3O3. The molecule has 6 heteroatoms. The fourth-order valence-electron chi connectivity index (χ4n) is 2.86. The van der Waals surface area contributed by atoms with E-state index >= 15 is 0 Å². The molecule has 23 heavy (non-hydrogen) atoms. The second kappa shape index (κ2) is 6.24. The van der Waals surface area contributed by atoms with Crippen molar-refractivity contribution in [2.45, 2.75) is 32.7 Å². The summed E-state index contributed by atoms with van der Waals surface area (Å²) in [5.41, 5.74) is 2.40. The van der Waals surface area contributed by atoms with Crippen molar-refractivity contribution in [2.75, 3.05) is 11.4 Å². The molecule has 1 aromatic heterocycles. The van der Waals surface area contributed by atoms with Gasteiger partial charge in [0.25, 0.3) is 0 Å². The van der Waals surface area contributed by atoms with E-state index in [9.17, 15) is 9.59 Å². The maximum atomic E-state index is 12.2. The van der Waals surface area contributed by atoms with Crippen LogP contribution in [0.15, 0.2) is 34.9 Å². The average molecular weight is 313 g/mol. The van der Waals surface area contributed by atoms with Gasteiger partial charge in [0.1, 0.15) is 5.76 Å². The van der Waals surface area contributed by atoms with Gasteiger partial charge in [-0.3, -0.25) is 9.59 Å². The maximum absolute atomic E-state index is 12.2. The second-order valence-electron chi connectivity index (χ2n) is 5.79. The van der Waals surface area contributed by atoms with Gasteiger partial charge < -0.3 is 14.7 Å². The first-order valence-corrected chi connectivity index (χ1v) is 7.61. The topological polar surface area (TPSA) is 75.4 Å². The highest BCUT2D eigenvalue weighted by Crippen LogP contribution is 2.21. The van der Waals surface area contributed by atoms with Crippen LogP contribution in [0.3, 0.4) is 0 Å². The molecule has 1 atom stereocenters. The van der Waals surface area contributed by atoms with E-state index in [1.165, 1.54) is 0 Å². The second-order valence-corrected chi connectivity index (χ2v) is 5.79. The molecule has 120 valence electrons. The van der Waals surface area contributed by atoms with E-state index in [0.29, 0.717) is 18.7 Å². The fourth-order valence-corrected chi connectivity index (χ4v) is 2.86. The number of nitrogens with one attached hydrogen (secondary N) is 1. The van der Waals surface area contributed by atoms with Gasteiger partial charge in [-0.15, -0.1) is 0 Å². The molecule has 0 spiro atoms. The molecule has 0 unspecified atom stereocenters. The van der Waals surface area contributed by atoms with Crippen LogP contribution in [0.4, 0.5) is 5.69 Å². The number of aromatic nitrogens is 1. The Morgan fingerprint density at radius 1 is 1.35 bits per heavy atom. The Labute approximate surface area is 134 Å². The molecule has 3 rings (SSSR count).